The van der Waals surface area contributed by atoms with Crippen molar-refractivity contribution in [1.82, 2.24) is 9.78 Å². The van der Waals surface area contributed by atoms with Gasteiger partial charge in [-0.15, -0.1) is 24.5 Å². The number of fused-ring (bicyclic) bond motifs is 1. The van der Waals surface area contributed by atoms with E-state index in [2.05, 4.69) is 10.1 Å². The van der Waals surface area contributed by atoms with Crippen molar-refractivity contribution in [1.29, 1.82) is 0 Å². The maximum absolute atomic E-state index is 12.4. The highest BCUT2D eigenvalue weighted by Gasteiger charge is 2.31. The number of rotatable bonds is 3. The normalized spacial score (nSPS) is 14.4. The van der Waals surface area contributed by atoms with Crippen molar-refractivity contribution < 1.29 is 17.9 Å². The lowest BCUT2D eigenvalue weighted by Crippen LogP contribution is -2.17. The summed E-state index contributed by atoms with van der Waals surface area (Å²) >= 11 is 7.54. The lowest BCUT2D eigenvalue weighted by atomic mass is 10.1. The van der Waals surface area contributed by atoms with Crippen LogP contribution in [0.3, 0.4) is 0 Å². The maximum Gasteiger partial charge on any atom is 0.573 e. The molecular weight excluding hydrogens is 399 g/mol. The Morgan fingerprint density at radius 2 is 1.89 bits per heavy atom. The molecule has 0 aliphatic carbocycles. The zero-order valence-electron chi connectivity index (χ0n) is 14.0. The second-order valence-corrected chi connectivity index (χ2v) is 7.83. The van der Waals surface area contributed by atoms with Crippen molar-refractivity contribution in [3.8, 4) is 22.0 Å². The second-order valence-electron chi connectivity index (χ2n) is 6.12. The highest BCUT2D eigenvalue weighted by Crippen LogP contribution is 2.38. The molecule has 142 valence electrons. The fourth-order valence-corrected chi connectivity index (χ4v) is 4.17. The summed E-state index contributed by atoms with van der Waals surface area (Å²) in [6.45, 7) is 0.818. The zero-order valence-corrected chi connectivity index (χ0v) is 15.6. The van der Waals surface area contributed by atoms with Gasteiger partial charge in [0.25, 0.3) is 0 Å². The number of nitrogens with one attached hydrogen (secondary N) is 1. The van der Waals surface area contributed by atoms with Gasteiger partial charge in [0.2, 0.25) is 0 Å². The molecule has 0 radical (unpaired) electrons. The average Bonchev–Trinajstić information content (AvgIpc) is 3.10. The zero-order chi connectivity index (χ0) is 19.0. The molecule has 0 bridgehead atoms. The lowest BCUT2D eigenvalue weighted by molar-refractivity contribution is -0.274. The molecule has 2 aromatic heterocycles. The predicted octanol–water partition coefficient (Wildman–Crippen LogP) is 5.90. The van der Waals surface area contributed by atoms with Crippen LogP contribution in [0.15, 0.2) is 36.4 Å². The molecule has 0 spiro atoms. The Labute approximate surface area is 162 Å². The highest BCUT2D eigenvalue weighted by atomic mass is 35.5. The number of aromatic nitrogens is 2. The van der Waals surface area contributed by atoms with E-state index in [0.29, 0.717) is 10.0 Å². The minimum absolute atomic E-state index is 0.261. The van der Waals surface area contributed by atoms with Gasteiger partial charge in [0.05, 0.1) is 14.9 Å². The van der Waals surface area contributed by atoms with Crippen molar-refractivity contribution in [2.24, 2.45) is 0 Å². The number of benzene rings is 1. The van der Waals surface area contributed by atoms with E-state index in [-0.39, 0.29) is 5.75 Å². The largest absolute Gasteiger partial charge is 0.573 e. The lowest BCUT2D eigenvalue weighted by Gasteiger charge is -2.11. The summed E-state index contributed by atoms with van der Waals surface area (Å²) in [4.78, 5) is 0.968. The number of anilines is 1. The molecule has 1 aliphatic heterocycles. The molecule has 0 amide bonds. The Morgan fingerprint density at radius 1 is 1.11 bits per heavy atom. The highest BCUT2D eigenvalue weighted by molar-refractivity contribution is 7.19. The molecule has 1 N–H and O–H groups in total. The van der Waals surface area contributed by atoms with Crippen LogP contribution >= 0.6 is 22.9 Å². The van der Waals surface area contributed by atoms with Crippen LogP contribution in [0.5, 0.6) is 5.75 Å². The Kier molecular flexibility index (Phi) is 4.77. The summed E-state index contributed by atoms with van der Waals surface area (Å²) in [5.41, 5.74) is 2.61. The second kappa shape index (κ2) is 7.09. The third-order valence-electron chi connectivity index (χ3n) is 4.25. The van der Waals surface area contributed by atoms with E-state index >= 15 is 0 Å². The third-order valence-corrected chi connectivity index (χ3v) is 5.49. The number of nitrogens with zero attached hydrogens (tertiary/aromatic N) is 2. The van der Waals surface area contributed by atoms with Gasteiger partial charge >= 0.3 is 6.36 Å². The van der Waals surface area contributed by atoms with Crippen LogP contribution in [0, 0.1) is 0 Å². The number of halogens is 4. The minimum atomic E-state index is -4.71. The Morgan fingerprint density at radius 3 is 2.56 bits per heavy atom. The first kappa shape index (κ1) is 18.2. The molecular formula is C18H15ClF3N3OS. The third kappa shape index (κ3) is 3.91. The number of thiophene rings is 1. The van der Waals surface area contributed by atoms with Crippen LogP contribution in [0.1, 0.15) is 18.4 Å². The van der Waals surface area contributed by atoms with Gasteiger partial charge in [-0.1, -0.05) is 11.6 Å². The van der Waals surface area contributed by atoms with Gasteiger partial charge in [0, 0.05) is 12.1 Å². The first-order valence-electron chi connectivity index (χ1n) is 8.38. The first-order chi connectivity index (χ1) is 12.9. The average molecular weight is 414 g/mol. The summed E-state index contributed by atoms with van der Waals surface area (Å²) < 4.78 is 43.5. The van der Waals surface area contributed by atoms with Gasteiger partial charge in [-0.2, -0.15) is 5.10 Å². The van der Waals surface area contributed by atoms with Crippen molar-refractivity contribution in [3.63, 3.8) is 0 Å². The first-order valence-corrected chi connectivity index (χ1v) is 9.58. The van der Waals surface area contributed by atoms with E-state index in [1.54, 1.807) is 16.8 Å². The number of hydrogen-bond donors (Lipinski definition) is 1. The molecule has 1 aliphatic rings. The van der Waals surface area contributed by atoms with Gasteiger partial charge in [0.1, 0.15) is 17.3 Å². The number of ether oxygens (including phenoxy) is 1. The van der Waals surface area contributed by atoms with E-state index in [1.807, 2.05) is 12.1 Å². The smallest absolute Gasteiger partial charge is 0.406 e. The van der Waals surface area contributed by atoms with Gasteiger partial charge in [-0.25, -0.2) is 4.68 Å². The van der Waals surface area contributed by atoms with Crippen LogP contribution in [0.4, 0.5) is 19.0 Å². The number of hydrogen-bond acceptors (Lipinski definition) is 4. The molecule has 0 saturated carbocycles. The van der Waals surface area contributed by atoms with Gasteiger partial charge in [-0.05, 0) is 55.7 Å². The maximum atomic E-state index is 12.4. The molecule has 0 atom stereocenters. The van der Waals surface area contributed by atoms with Crippen LogP contribution in [-0.4, -0.2) is 22.7 Å². The van der Waals surface area contributed by atoms with Crippen LogP contribution in [0.2, 0.25) is 4.34 Å². The quantitative estimate of drug-likeness (QED) is 0.581. The number of alkyl halides is 3. The summed E-state index contributed by atoms with van der Waals surface area (Å²) in [5.74, 6) is 0.610. The monoisotopic (exact) mass is 413 g/mol. The molecule has 0 saturated heterocycles. The van der Waals surface area contributed by atoms with Crippen molar-refractivity contribution >= 4 is 28.8 Å². The molecule has 4 nitrogen and oxygen atoms in total. The van der Waals surface area contributed by atoms with E-state index < -0.39 is 6.36 Å². The molecule has 27 heavy (non-hydrogen) atoms. The van der Waals surface area contributed by atoms with Crippen LogP contribution < -0.4 is 10.1 Å². The van der Waals surface area contributed by atoms with Crippen molar-refractivity contribution in [3.05, 3.63) is 46.3 Å². The van der Waals surface area contributed by atoms with Gasteiger partial charge in [-0.3, -0.25) is 0 Å². The molecule has 0 fully saturated rings. The fourth-order valence-electron chi connectivity index (χ4n) is 3.12. The topological polar surface area (TPSA) is 39.1 Å². The van der Waals surface area contributed by atoms with Gasteiger partial charge in [0.15, 0.2) is 0 Å². The summed E-state index contributed by atoms with van der Waals surface area (Å²) in [5, 5.41) is 8.14. The van der Waals surface area contributed by atoms with Gasteiger partial charge < -0.3 is 10.1 Å². The molecule has 9 heteroatoms. The molecule has 1 aromatic carbocycles. The van der Waals surface area contributed by atoms with E-state index in [0.717, 1.165) is 47.8 Å². The molecule has 3 aromatic rings. The molecule has 0 unspecified atom stereocenters. The Hall–Kier alpha value is -2.19. The fraction of sp³-hybridized carbons (Fsp3) is 0.278. The van der Waals surface area contributed by atoms with E-state index in [4.69, 9.17) is 16.7 Å². The summed E-state index contributed by atoms with van der Waals surface area (Å²) in [6, 6.07) is 9.47. The minimum Gasteiger partial charge on any atom is -0.406 e. The van der Waals surface area contributed by atoms with E-state index in [9.17, 15) is 13.2 Å². The van der Waals surface area contributed by atoms with Crippen LogP contribution in [-0.2, 0) is 6.42 Å². The van der Waals surface area contributed by atoms with Crippen molar-refractivity contribution in [2.45, 2.75) is 25.6 Å². The molecule has 4 rings (SSSR count). The van der Waals surface area contributed by atoms with Crippen LogP contribution in [0.25, 0.3) is 16.3 Å². The molecule has 3 heterocycles. The Balaban J connectivity index is 1.75. The SMILES string of the molecule is FC(F)(F)Oc1ccc(-n2nc(-c3ccc(Cl)s3)c3c2NCCCC3)cc1. The Bertz CT molecular complexity index is 950. The standard InChI is InChI=1S/C18H15ClF3N3OS/c19-15-9-8-14(27-15)16-13-3-1-2-10-23-17(13)25(24-16)11-4-6-12(7-5-11)26-18(20,21)22/h4-9,23H,1-3,10H2. The van der Waals surface area contributed by atoms with E-state index in [1.165, 1.54) is 23.5 Å². The summed E-state index contributed by atoms with van der Waals surface area (Å²) in [6.07, 6.45) is -1.76. The summed E-state index contributed by atoms with van der Waals surface area (Å²) in [7, 11) is 0. The predicted molar refractivity (Wildman–Crippen MR) is 100.0 cm³/mol. The van der Waals surface area contributed by atoms with Crippen molar-refractivity contribution in [2.75, 3.05) is 11.9 Å².